The van der Waals surface area contributed by atoms with E-state index in [4.69, 9.17) is 11.0 Å². The Morgan fingerprint density at radius 3 is 3.05 bits per heavy atom. The first-order valence-corrected chi connectivity index (χ1v) is 7.03. The summed E-state index contributed by atoms with van der Waals surface area (Å²) in [4.78, 5) is 4.08. The number of nitriles is 1. The van der Waals surface area contributed by atoms with Gasteiger partial charge in [-0.2, -0.15) is 10.4 Å². The lowest BCUT2D eigenvalue weighted by Crippen LogP contribution is -2.10. The third-order valence-corrected chi connectivity index (χ3v) is 3.94. The van der Waals surface area contributed by atoms with Gasteiger partial charge in [-0.05, 0) is 30.4 Å². The van der Waals surface area contributed by atoms with Crippen molar-refractivity contribution in [1.29, 1.82) is 5.26 Å². The molecule has 0 amide bonds. The van der Waals surface area contributed by atoms with Gasteiger partial charge in [0.25, 0.3) is 0 Å². The second-order valence-corrected chi connectivity index (χ2v) is 5.34. The molecule has 1 atom stereocenters. The molecule has 1 fully saturated rings. The molecule has 0 spiro atoms. The first kappa shape index (κ1) is 13.4. The van der Waals surface area contributed by atoms with E-state index in [1.165, 1.54) is 12.8 Å². The Hall–Kier alpha value is -2.61. The van der Waals surface area contributed by atoms with Crippen LogP contribution in [0.25, 0.3) is 17.2 Å². The second kappa shape index (κ2) is 5.41. The van der Waals surface area contributed by atoms with Gasteiger partial charge in [-0.15, -0.1) is 0 Å². The van der Waals surface area contributed by atoms with E-state index in [-0.39, 0.29) is 6.04 Å². The molecule has 5 heteroatoms. The summed E-state index contributed by atoms with van der Waals surface area (Å²) in [5.41, 5.74) is 8.65. The number of nitrogen functional groups attached to an aromatic ring is 1. The van der Waals surface area contributed by atoms with Crippen LogP contribution in [-0.2, 0) is 0 Å². The topological polar surface area (TPSA) is 80.5 Å². The quantitative estimate of drug-likeness (QED) is 0.912. The zero-order valence-electron chi connectivity index (χ0n) is 11.7. The van der Waals surface area contributed by atoms with Crippen molar-refractivity contribution in [2.45, 2.75) is 25.3 Å². The summed E-state index contributed by atoms with van der Waals surface area (Å²) in [6.07, 6.45) is 10.1. The van der Waals surface area contributed by atoms with Gasteiger partial charge in [0.1, 0.15) is 5.82 Å². The molecular weight excluding hydrogens is 262 g/mol. The average molecular weight is 279 g/mol. The molecule has 1 unspecified atom stereocenters. The summed E-state index contributed by atoms with van der Waals surface area (Å²) in [5.74, 6) is 1.05. The summed E-state index contributed by atoms with van der Waals surface area (Å²) in [6, 6.07) is 4.35. The highest BCUT2D eigenvalue weighted by molar-refractivity contribution is 5.79. The smallest absolute Gasteiger partial charge is 0.131 e. The largest absolute Gasteiger partial charge is 0.383 e. The summed E-state index contributed by atoms with van der Waals surface area (Å²) < 4.78 is 1.92. The van der Waals surface area contributed by atoms with Crippen molar-refractivity contribution in [1.82, 2.24) is 14.8 Å². The number of rotatable bonds is 5. The standard InChI is InChI=1S/C16H17N5/c1-2-13-14(6-8-19-16(13)18)12-9-20-21(10-12)15(5-7-17)11-3-4-11/h2,6,8-11,15H,1,3-5H2,(H2,18,19). The lowest BCUT2D eigenvalue weighted by atomic mass is 10.0. The summed E-state index contributed by atoms with van der Waals surface area (Å²) in [5, 5.41) is 13.4. The van der Waals surface area contributed by atoms with E-state index in [0.717, 1.165) is 16.7 Å². The Balaban J connectivity index is 1.97. The summed E-state index contributed by atoms with van der Waals surface area (Å²) in [6.45, 7) is 3.80. The maximum Gasteiger partial charge on any atom is 0.131 e. The highest BCUT2D eigenvalue weighted by Crippen LogP contribution is 2.41. The SMILES string of the molecule is C=Cc1c(-c2cnn(C(CC#N)C3CC3)c2)ccnc1N. The Labute approximate surface area is 123 Å². The van der Waals surface area contributed by atoms with Gasteiger partial charge in [0.15, 0.2) is 0 Å². The van der Waals surface area contributed by atoms with Crippen LogP contribution in [0.4, 0.5) is 5.82 Å². The minimum atomic E-state index is 0.176. The first-order chi connectivity index (χ1) is 10.2. The molecule has 0 aliphatic heterocycles. The van der Waals surface area contributed by atoms with Gasteiger partial charge in [-0.3, -0.25) is 4.68 Å². The lowest BCUT2D eigenvalue weighted by molar-refractivity contribution is 0.412. The van der Waals surface area contributed by atoms with Crippen LogP contribution in [0.15, 0.2) is 31.2 Å². The Kier molecular flexibility index (Phi) is 3.44. The van der Waals surface area contributed by atoms with Crippen molar-refractivity contribution in [3.8, 4) is 17.2 Å². The van der Waals surface area contributed by atoms with E-state index in [9.17, 15) is 0 Å². The Bertz CT molecular complexity index is 706. The van der Waals surface area contributed by atoms with Crippen LogP contribution in [0, 0.1) is 17.2 Å². The minimum Gasteiger partial charge on any atom is -0.383 e. The van der Waals surface area contributed by atoms with Crippen molar-refractivity contribution >= 4 is 11.9 Å². The molecule has 1 aliphatic carbocycles. The fourth-order valence-corrected chi connectivity index (χ4v) is 2.66. The molecule has 1 saturated carbocycles. The Morgan fingerprint density at radius 1 is 1.57 bits per heavy atom. The van der Waals surface area contributed by atoms with Crippen LogP contribution in [-0.4, -0.2) is 14.8 Å². The van der Waals surface area contributed by atoms with Crippen LogP contribution in [0.3, 0.4) is 0 Å². The fraction of sp³-hybridized carbons (Fsp3) is 0.312. The van der Waals surface area contributed by atoms with E-state index in [0.29, 0.717) is 18.2 Å². The molecule has 0 radical (unpaired) electrons. The molecule has 3 rings (SSSR count). The van der Waals surface area contributed by atoms with Crippen molar-refractivity contribution in [3.63, 3.8) is 0 Å². The van der Waals surface area contributed by atoms with Crippen molar-refractivity contribution in [2.75, 3.05) is 5.73 Å². The van der Waals surface area contributed by atoms with Gasteiger partial charge in [0.05, 0.1) is 24.7 Å². The van der Waals surface area contributed by atoms with Crippen LogP contribution in [0.2, 0.25) is 0 Å². The molecular formula is C16H17N5. The van der Waals surface area contributed by atoms with Crippen molar-refractivity contribution < 1.29 is 0 Å². The van der Waals surface area contributed by atoms with E-state index >= 15 is 0 Å². The van der Waals surface area contributed by atoms with E-state index in [1.54, 1.807) is 12.3 Å². The van der Waals surface area contributed by atoms with Gasteiger partial charge in [0, 0.05) is 23.5 Å². The van der Waals surface area contributed by atoms with E-state index < -0.39 is 0 Å². The number of hydrogen-bond donors (Lipinski definition) is 1. The van der Waals surface area contributed by atoms with Gasteiger partial charge >= 0.3 is 0 Å². The lowest BCUT2D eigenvalue weighted by Gasteiger charge is -2.12. The van der Waals surface area contributed by atoms with Crippen molar-refractivity contribution in [2.24, 2.45) is 5.92 Å². The number of pyridine rings is 1. The van der Waals surface area contributed by atoms with Gasteiger partial charge < -0.3 is 5.73 Å². The van der Waals surface area contributed by atoms with E-state index in [2.05, 4.69) is 22.7 Å². The zero-order valence-corrected chi connectivity index (χ0v) is 11.7. The highest BCUT2D eigenvalue weighted by Gasteiger charge is 2.32. The third-order valence-electron chi connectivity index (χ3n) is 3.94. The molecule has 2 aromatic rings. The molecule has 2 heterocycles. The third kappa shape index (κ3) is 2.52. The van der Waals surface area contributed by atoms with Gasteiger partial charge in [0.2, 0.25) is 0 Å². The number of nitrogens with two attached hydrogens (primary N) is 1. The molecule has 106 valence electrons. The molecule has 21 heavy (non-hydrogen) atoms. The zero-order chi connectivity index (χ0) is 14.8. The molecule has 0 saturated heterocycles. The van der Waals surface area contributed by atoms with Gasteiger partial charge in [-0.25, -0.2) is 4.98 Å². The summed E-state index contributed by atoms with van der Waals surface area (Å²) >= 11 is 0. The molecule has 0 bridgehead atoms. The second-order valence-electron chi connectivity index (χ2n) is 5.34. The van der Waals surface area contributed by atoms with E-state index in [1.807, 2.05) is 23.1 Å². The first-order valence-electron chi connectivity index (χ1n) is 7.03. The molecule has 2 N–H and O–H groups in total. The molecule has 0 aromatic carbocycles. The normalized spacial score (nSPS) is 15.4. The molecule has 2 aromatic heterocycles. The van der Waals surface area contributed by atoms with Crippen LogP contribution in [0.1, 0.15) is 30.9 Å². The maximum atomic E-state index is 8.99. The predicted molar refractivity (Wildman–Crippen MR) is 82.0 cm³/mol. The molecule has 5 nitrogen and oxygen atoms in total. The number of hydrogen-bond acceptors (Lipinski definition) is 4. The minimum absolute atomic E-state index is 0.176. The molecule has 1 aliphatic rings. The summed E-state index contributed by atoms with van der Waals surface area (Å²) in [7, 11) is 0. The van der Waals surface area contributed by atoms with Crippen LogP contribution in [0.5, 0.6) is 0 Å². The maximum absolute atomic E-state index is 8.99. The van der Waals surface area contributed by atoms with Crippen molar-refractivity contribution in [3.05, 3.63) is 36.8 Å². The monoisotopic (exact) mass is 279 g/mol. The number of anilines is 1. The fourth-order valence-electron chi connectivity index (χ4n) is 2.66. The predicted octanol–water partition coefficient (Wildman–Crippen LogP) is 3.04. The number of aromatic nitrogens is 3. The average Bonchev–Trinajstić information content (AvgIpc) is 3.21. The van der Waals surface area contributed by atoms with Gasteiger partial charge in [-0.1, -0.05) is 12.7 Å². The van der Waals surface area contributed by atoms with Crippen LogP contribution < -0.4 is 5.73 Å². The highest BCUT2D eigenvalue weighted by atomic mass is 15.3. The van der Waals surface area contributed by atoms with Crippen LogP contribution >= 0.6 is 0 Å². The number of nitrogens with zero attached hydrogens (tertiary/aromatic N) is 4. The Morgan fingerprint density at radius 2 is 2.38 bits per heavy atom.